The summed E-state index contributed by atoms with van der Waals surface area (Å²) in [4.78, 5) is 22.1. The van der Waals surface area contributed by atoms with E-state index in [4.69, 9.17) is 12.2 Å². The molecule has 0 atom stereocenters. The second-order valence-corrected chi connectivity index (χ2v) is 7.32. The maximum absolute atomic E-state index is 12.9. The summed E-state index contributed by atoms with van der Waals surface area (Å²) in [6.45, 7) is 0.441. The highest BCUT2D eigenvalue weighted by Gasteiger charge is 2.11. The molecule has 3 aromatic heterocycles. The van der Waals surface area contributed by atoms with Crippen LogP contribution in [0.5, 0.6) is 0 Å². The molecule has 0 saturated heterocycles. The fourth-order valence-electron chi connectivity index (χ4n) is 2.79. The first-order chi connectivity index (χ1) is 12.2. The lowest BCUT2D eigenvalue weighted by molar-refractivity contribution is 0.734. The average molecular weight is 365 g/mol. The lowest BCUT2D eigenvalue weighted by Gasteiger charge is -2.06. The van der Waals surface area contributed by atoms with E-state index in [1.165, 1.54) is 5.56 Å². The first-order valence-electron chi connectivity index (χ1n) is 7.89. The highest BCUT2D eigenvalue weighted by atomic mass is 32.1. The van der Waals surface area contributed by atoms with Crippen molar-refractivity contribution >= 4 is 33.8 Å². The molecule has 25 heavy (non-hydrogen) atoms. The Labute approximate surface area is 153 Å². The summed E-state index contributed by atoms with van der Waals surface area (Å²) in [7, 11) is 0. The number of nitrogens with zero attached hydrogens (tertiary/aromatic N) is 2. The summed E-state index contributed by atoms with van der Waals surface area (Å²) >= 11 is 6.99. The Morgan fingerprint density at radius 3 is 2.60 bits per heavy atom. The summed E-state index contributed by atoms with van der Waals surface area (Å²) in [5.41, 5.74) is 2.17. The van der Waals surface area contributed by atoms with Crippen molar-refractivity contribution in [3.05, 3.63) is 92.1 Å². The molecule has 1 N–H and O–H groups in total. The van der Waals surface area contributed by atoms with Crippen molar-refractivity contribution in [2.75, 3.05) is 0 Å². The smallest absolute Gasteiger partial charge is 0.263 e. The second kappa shape index (κ2) is 6.74. The summed E-state index contributed by atoms with van der Waals surface area (Å²) in [6, 6.07) is 16.0. The van der Waals surface area contributed by atoms with Gasteiger partial charge in [0, 0.05) is 23.7 Å². The summed E-state index contributed by atoms with van der Waals surface area (Å²) in [5.74, 6) is 0. The van der Waals surface area contributed by atoms with Gasteiger partial charge in [0.1, 0.15) is 4.83 Å². The summed E-state index contributed by atoms with van der Waals surface area (Å²) in [5, 5.41) is 0.693. The molecule has 124 valence electrons. The fourth-order valence-corrected chi connectivity index (χ4v) is 4.19. The van der Waals surface area contributed by atoms with Crippen molar-refractivity contribution in [3.8, 4) is 0 Å². The molecular weight excluding hydrogens is 350 g/mol. The zero-order chi connectivity index (χ0) is 17.2. The number of hydrogen-bond acceptors (Lipinski definition) is 4. The third-order valence-electron chi connectivity index (χ3n) is 4.04. The summed E-state index contributed by atoms with van der Waals surface area (Å²) in [6.07, 6.45) is 4.24. The Bertz CT molecular complexity index is 1130. The second-order valence-electron chi connectivity index (χ2n) is 5.79. The molecule has 0 aliphatic heterocycles. The largest absolute Gasteiger partial charge is 0.323 e. The number of nitrogens with one attached hydrogen (secondary N) is 1. The molecule has 1 aromatic carbocycles. The number of rotatable bonds is 4. The maximum Gasteiger partial charge on any atom is 0.263 e. The number of hydrogen-bond donors (Lipinski definition) is 1. The van der Waals surface area contributed by atoms with E-state index in [0.717, 1.165) is 21.7 Å². The Morgan fingerprint density at radius 1 is 1.08 bits per heavy atom. The third-order valence-corrected chi connectivity index (χ3v) is 5.41. The van der Waals surface area contributed by atoms with Gasteiger partial charge in [-0.2, -0.15) is 0 Å². The monoisotopic (exact) mass is 365 g/mol. The Hall–Kier alpha value is -2.57. The van der Waals surface area contributed by atoms with E-state index in [1.54, 1.807) is 28.3 Å². The Kier molecular flexibility index (Phi) is 4.29. The molecule has 0 fully saturated rings. The number of aromatic amines is 1. The lowest BCUT2D eigenvalue weighted by Crippen LogP contribution is -2.22. The fraction of sp³-hybridized carbons (Fsp3) is 0.105. The van der Waals surface area contributed by atoms with Crippen LogP contribution < -0.4 is 5.56 Å². The highest BCUT2D eigenvalue weighted by molar-refractivity contribution is 7.71. The van der Waals surface area contributed by atoms with Gasteiger partial charge < -0.3 is 4.98 Å². The number of H-pyrrole nitrogens is 1. The van der Waals surface area contributed by atoms with Gasteiger partial charge in [-0.1, -0.05) is 30.3 Å². The van der Waals surface area contributed by atoms with Crippen LogP contribution in [0.3, 0.4) is 0 Å². The van der Waals surface area contributed by atoms with Crippen LogP contribution in [0.1, 0.15) is 16.0 Å². The minimum atomic E-state index is -0.0499. The Morgan fingerprint density at radius 2 is 1.84 bits per heavy atom. The number of thiophene rings is 1. The van der Waals surface area contributed by atoms with Crippen molar-refractivity contribution in [2.45, 2.75) is 13.0 Å². The van der Waals surface area contributed by atoms with Crippen LogP contribution >= 0.6 is 23.6 Å². The van der Waals surface area contributed by atoms with Crippen LogP contribution in [0.2, 0.25) is 0 Å². The normalized spacial score (nSPS) is 11.0. The molecular formula is C19H15N3OS2. The molecule has 0 saturated carbocycles. The Balaban J connectivity index is 1.74. The zero-order valence-electron chi connectivity index (χ0n) is 13.3. The van der Waals surface area contributed by atoms with Crippen molar-refractivity contribution in [1.29, 1.82) is 0 Å². The van der Waals surface area contributed by atoms with Gasteiger partial charge >= 0.3 is 0 Å². The maximum atomic E-state index is 12.9. The van der Waals surface area contributed by atoms with E-state index < -0.39 is 0 Å². The average Bonchev–Trinajstić information content (AvgIpc) is 3.03. The SMILES string of the molecule is O=c1c2cc(Cc3ccccc3)sc2[nH]c(=S)n1Cc1ccncc1. The molecule has 4 rings (SSSR count). The van der Waals surface area contributed by atoms with Gasteiger partial charge in [-0.3, -0.25) is 14.3 Å². The number of aromatic nitrogens is 3. The van der Waals surface area contributed by atoms with E-state index in [2.05, 4.69) is 22.1 Å². The minimum Gasteiger partial charge on any atom is -0.323 e. The molecule has 0 radical (unpaired) electrons. The minimum absolute atomic E-state index is 0.0499. The van der Waals surface area contributed by atoms with E-state index in [9.17, 15) is 4.79 Å². The van der Waals surface area contributed by atoms with Crippen LogP contribution in [0, 0.1) is 4.77 Å². The van der Waals surface area contributed by atoms with Crippen molar-refractivity contribution in [2.24, 2.45) is 0 Å². The lowest BCUT2D eigenvalue weighted by atomic mass is 10.1. The summed E-state index contributed by atoms with van der Waals surface area (Å²) < 4.78 is 2.05. The van der Waals surface area contributed by atoms with Crippen molar-refractivity contribution in [1.82, 2.24) is 14.5 Å². The predicted octanol–water partition coefficient (Wildman–Crippen LogP) is 4.15. The predicted molar refractivity (Wildman–Crippen MR) is 104 cm³/mol. The van der Waals surface area contributed by atoms with Crippen LogP contribution in [0.4, 0.5) is 0 Å². The number of pyridine rings is 1. The molecule has 0 aliphatic rings. The molecule has 4 aromatic rings. The molecule has 0 aliphatic carbocycles. The number of benzene rings is 1. The molecule has 0 unspecified atom stereocenters. The van der Waals surface area contributed by atoms with Gasteiger partial charge in [-0.15, -0.1) is 11.3 Å². The first-order valence-corrected chi connectivity index (χ1v) is 9.11. The van der Waals surface area contributed by atoms with Crippen LogP contribution in [-0.4, -0.2) is 14.5 Å². The van der Waals surface area contributed by atoms with Gasteiger partial charge in [-0.25, -0.2) is 0 Å². The number of fused-ring (bicyclic) bond motifs is 1. The van der Waals surface area contributed by atoms with Crippen molar-refractivity contribution < 1.29 is 0 Å². The quantitative estimate of drug-likeness (QED) is 0.553. The standard InChI is InChI=1S/C19H15N3OS2/c23-18-16-11-15(10-13-4-2-1-3-5-13)25-17(16)21-19(24)22(18)12-14-6-8-20-9-7-14/h1-9,11H,10,12H2,(H,21,24). The molecule has 4 nitrogen and oxygen atoms in total. The third kappa shape index (κ3) is 3.31. The van der Waals surface area contributed by atoms with Gasteiger partial charge in [0.05, 0.1) is 11.9 Å². The highest BCUT2D eigenvalue weighted by Crippen LogP contribution is 2.24. The van der Waals surface area contributed by atoms with Gasteiger partial charge in [-0.05, 0) is 41.5 Å². The van der Waals surface area contributed by atoms with E-state index in [-0.39, 0.29) is 5.56 Å². The molecule has 0 bridgehead atoms. The molecule has 0 spiro atoms. The topological polar surface area (TPSA) is 50.7 Å². The van der Waals surface area contributed by atoms with Gasteiger partial charge in [0.25, 0.3) is 5.56 Å². The van der Waals surface area contributed by atoms with Crippen LogP contribution in [0.25, 0.3) is 10.2 Å². The van der Waals surface area contributed by atoms with E-state index in [1.807, 2.05) is 36.4 Å². The van der Waals surface area contributed by atoms with Crippen molar-refractivity contribution in [3.63, 3.8) is 0 Å². The van der Waals surface area contributed by atoms with E-state index in [0.29, 0.717) is 16.7 Å². The molecule has 3 heterocycles. The molecule has 6 heteroatoms. The first kappa shape index (κ1) is 15.9. The van der Waals surface area contributed by atoms with Crippen LogP contribution in [-0.2, 0) is 13.0 Å². The van der Waals surface area contributed by atoms with Crippen LogP contribution in [0.15, 0.2) is 65.7 Å². The van der Waals surface area contributed by atoms with Gasteiger partial charge in [0.15, 0.2) is 4.77 Å². The molecule has 0 amide bonds. The van der Waals surface area contributed by atoms with E-state index >= 15 is 0 Å². The zero-order valence-corrected chi connectivity index (χ0v) is 14.9. The van der Waals surface area contributed by atoms with Gasteiger partial charge in [0.2, 0.25) is 0 Å².